The normalized spacial score (nSPS) is 11.9. The smallest absolute Gasteiger partial charge is 0.197 e. The molecule has 0 aliphatic heterocycles. The first-order chi connectivity index (χ1) is 5.56. The summed E-state index contributed by atoms with van der Waals surface area (Å²) in [6, 6.07) is 0. The van der Waals surface area contributed by atoms with E-state index in [1.807, 2.05) is 0 Å². The van der Waals surface area contributed by atoms with Gasteiger partial charge in [0, 0.05) is 13.3 Å². The zero-order chi connectivity index (χ0) is 9.45. The fourth-order valence-corrected chi connectivity index (χ4v) is 1.56. The minimum absolute atomic E-state index is 0.661. The fourth-order valence-electron chi connectivity index (χ4n) is 0.990. The van der Waals surface area contributed by atoms with Crippen molar-refractivity contribution in [2.75, 3.05) is 19.9 Å². The summed E-state index contributed by atoms with van der Waals surface area (Å²) in [5.41, 5.74) is 0. The Labute approximate surface area is 76.1 Å². The van der Waals surface area contributed by atoms with Crippen LogP contribution >= 0.6 is 7.37 Å². The van der Waals surface area contributed by atoms with E-state index in [9.17, 15) is 4.57 Å². The first-order valence-corrected chi connectivity index (χ1v) is 7.27. The van der Waals surface area contributed by atoms with E-state index >= 15 is 0 Å². The third-order valence-electron chi connectivity index (χ3n) is 1.65. The van der Waals surface area contributed by atoms with Gasteiger partial charge in [0.1, 0.15) is 0 Å². The Bertz CT molecular complexity index is 139. The van der Waals surface area contributed by atoms with Crippen LogP contribution in [-0.2, 0) is 9.09 Å². The molecule has 0 amide bonds. The highest BCUT2D eigenvalue weighted by Gasteiger charge is 2.04. The van der Waals surface area contributed by atoms with Gasteiger partial charge in [0.05, 0.1) is 6.61 Å². The molecule has 0 radical (unpaired) electrons. The van der Waals surface area contributed by atoms with Gasteiger partial charge in [-0.2, -0.15) is 0 Å². The summed E-state index contributed by atoms with van der Waals surface area (Å²) in [6.07, 6.45) is 6.09. The lowest BCUT2D eigenvalue weighted by molar-refractivity contribution is 0.308. The van der Waals surface area contributed by atoms with Crippen molar-refractivity contribution >= 4 is 7.37 Å². The quantitative estimate of drug-likeness (QED) is 0.455. The Morgan fingerprint density at radius 3 is 2.17 bits per heavy atom. The molecule has 0 saturated heterocycles. The fraction of sp³-hybridized carbons (Fsp3) is 1.00. The van der Waals surface area contributed by atoms with E-state index in [1.165, 1.54) is 25.7 Å². The van der Waals surface area contributed by atoms with Crippen molar-refractivity contribution in [3.63, 3.8) is 0 Å². The Morgan fingerprint density at radius 2 is 1.67 bits per heavy atom. The summed E-state index contributed by atoms with van der Waals surface area (Å²) >= 11 is 0. The van der Waals surface area contributed by atoms with Gasteiger partial charge >= 0.3 is 0 Å². The molecule has 0 aromatic carbocycles. The van der Waals surface area contributed by atoms with Crippen molar-refractivity contribution in [1.82, 2.24) is 0 Å². The summed E-state index contributed by atoms with van der Waals surface area (Å²) in [4.78, 5) is 0. The van der Waals surface area contributed by atoms with E-state index in [0.717, 1.165) is 6.42 Å². The monoisotopic (exact) mass is 192 g/mol. The molecule has 0 aliphatic rings. The lowest BCUT2D eigenvalue weighted by Gasteiger charge is -2.07. The molecule has 2 nitrogen and oxygen atoms in total. The van der Waals surface area contributed by atoms with E-state index in [0.29, 0.717) is 6.61 Å². The molecule has 0 saturated carbocycles. The minimum atomic E-state index is -2.22. The number of unbranched alkanes of at least 4 members (excludes halogenated alkanes) is 4. The van der Waals surface area contributed by atoms with Crippen molar-refractivity contribution in [2.24, 2.45) is 0 Å². The molecule has 12 heavy (non-hydrogen) atoms. The molecule has 0 aromatic rings. The first-order valence-electron chi connectivity index (χ1n) is 4.76. The summed E-state index contributed by atoms with van der Waals surface area (Å²) in [7, 11) is -2.22. The molecule has 0 fully saturated rings. The number of hydrogen-bond acceptors (Lipinski definition) is 2. The van der Waals surface area contributed by atoms with Gasteiger partial charge in [-0.3, -0.25) is 4.57 Å². The summed E-state index contributed by atoms with van der Waals surface area (Å²) < 4.78 is 16.2. The van der Waals surface area contributed by atoms with Gasteiger partial charge in [0.25, 0.3) is 0 Å². The molecule has 74 valence electrons. The van der Waals surface area contributed by atoms with Gasteiger partial charge in [0.2, 0.25) is 0 Å². The third-order valence-corrected chi connectivity index (χ3v) is 2.45. The van der Waals surface area contributed by atoms with Crippen LogP contribution in [0.1, 0.15) is 39.0 Å². The van der Waals surface area contributed by atoms with Gasteiger partial charge < -0.3 is 4.52 Å². The zero-order valence-corrected chi connectivity index (χ0v) is 9.40. The number of rotatable bonds is 7. The Hall–Kier alpha value is 0.190. The second kappa shape index (κ2) is 6.68. The van der Waals surface area contributed by atoms with Crippen molar-refractivity contribution in [3.05, 3.63) is 0 Å². The van der Waals surface area contributed by atoms with Crippen molar-refractivity contribution in [1.29, 1.82) is 0 Å². The van der Waals surface area contributed by atoms with E-state index in [-0.39, 0.29) is 0 Å². The maximum atomic E-state index is 11.1. The average molecular weight is 192 g/mol. The Balaban J connectivity index is 3.06. The summed E-state index contributed by atoms with van der Waals surface area (Å²) in [5.74, 6) is 0. The van der Waals surface area contributed by atoms with E-state index < -0.39 is 7.37 Å². The van der Waals surface area contributed by atoms with Crippen LogP contribution in [0.15, 0.2) is 0 Å². The lowest BCUT2D eigenvalue weighted by atomic mass is 10.2. The molecule has 0 aromatic heterocycles. The maximum absolute atomic E-state index is 11.1. The van der Waals surface area contributed by atoms with Gasteiger partial charge in [-0.25, -0.2) is 0 Å². The van der Waals surface area contributed by atoms with Crippen LogP contribution in [0, 0.1) is 0 Å². The lowest BCUT2D eigenvalue weighted by Crippen LogP contribution is -1.91. The summed E-state index contributed by atoms with van der Waals surface area (Å²) in [5, 5.41) is 0. The summed E-state index contributed by atoms with van der Waals surface area (Å²) in [6.45, 7) is 6.19. The highest BCUT2D eigenvalue weighted by Crippen LogP contribution is 2.37. The molecule has 0 atom stereocenters. The van der Waals surface area contributed by atoms with Gasteiger partial charge in [-0.05, 0) is 6.42 Å². The van der Waals surface area contributed by atoms with Crippen molar-refractivity contribution < 1.29 is 9.09 Å². The van der Waals surface area contributed by atoms with Crippen LogP contribution in [0.5, 0.6) is 0 Å². The van der Waals surface area contributed by atoms with Crippen LogP contribution < -0.4 is 0 Å². The van der Waals surface area contributed by atoms with Crippen LogP contribution in [0.2, 0.25) is 0 Å². The topological polar surface area (TPSA) is 26.3 Å². The molecule has 0 rings (SSSR count). The zero-order valence-electron chi connectivity index (χ0n) is 8.51. The van der Waals surface area contributed by atoms with Gasteiger partial charge in [-0.15, -0.1) is 0 Å². The molecule has 0 N–H and O–H groups in total. The molecule has 0 spiro atoms. The molecular formula is C9H21O2P. The second-order valence-electron chi connectivity index (χ2n) is 3.50. The molecule has 0 unspecified atom stereocenters. The molecule has 3 heteroatoms. The predicted molar refractivity (Wildman–Crippen MR) is 54.2 cm³/mol. The third kappa shape index (κ3) is 10.2. The SMILES string of the molecule is CCCCCCCOP(C)(C)=O. The number of hydrogen-bond donors (Lipinski definition) is 0. The highest BCUT2D eigenvalue weighted by atomic mass is 31.2. The molecular weight excluding hydrogens is 171 g/mol. The highest BCUT2D eigenvalue weighted by molar-refractivity contribution is 7.57. The van der Waals surface area contributed by atoms with Gasteiger partial charge in [0.15, 0.2) is 7.37 Å². The Kier molecular flexibility index (Phi) is 6.78. The standard InChI is InChI=1S/C9H21O2P/c1-4-5-6-7-8-9-11-12(2,3)10/h4-9H2,1-3H3. The average Bonchev–Trinajstić information content (AvgIpc) is 1.94. The maximum Gasteiger partial charge on any atom is 0.197 e. The van der Waals surface area contributed by atoms with Gasteiger partial charge in [-0.1, -0.05) is 32.6 Å². The van der Waals surface area contributed by atoms with Crippen LogP contribution in [0.3, 0.4) is 0 Å². The van der Waals surface area contributed by atoms with Crippen LogP contribution in [0.4, 0.5) is 0 Å². The van der Waals surface area contributed by atoms with Crippen molar-refractivity contribution in [3.8, 4) is 0 Å². The molecule has 0 heterocycles. The van der Waals surface area contributed by atoms with Crippen molar-refractivity contribution in [2.45, 2.75) is 39.0 Å². The largest absolute Gasteiger partial charge is 0.329 e. The van der Waals surface area contributed by atoms with E-state index in [2.05, 4.69) is 6.92 Å². The Morgan fingerprint density at radius 1 is 1.08 bits per heavy atom. The van der Waals surface area contributed by atoms with Crippen LogP contribution in [0.25, 0.3) is 0 Å². The van der Waals surface area contributed by atoms with Crippen LogP contribution in [-0.4, -0.2) is 19.9 Å². The predicted octanol–water partition coefficient (Wildman–Crippen LogP) is 3.51. The first kappa shape index (κ1) is 12.2. The molecule has 0 bridgehead atoms. The molecule has 0 aliphatic carbocycles. The minimum Gasteiger partial charge on any atom is -0.329 e. The van der Waals surface area contributed by atoms with E-state index in [4.69, 9.17) is 4.52 Å². The second-order valence-corrected chi connectivity index (χ2v) is 6.26. The van der Waals surface area contributed by atoms with E-state index in [1.54, 1.807) is 13.3 Å².